The fourth-order valence-corrected chi connectivity index (χ4v) is 2.89. The third kappa shape index (κ3) is 3.81. The number of amides is 4. The number of benzene rings is 2. The van der Waals surface area contributed by atoms with Gasteiger partial charge in [-0.05, 0) is 49.9 Å². The highest BCUT2D eigenvalue weighted by Gasteiger charge is 2.48. The molecule has 0 aliphatic carbocycles. The Labute approximate surface area is 156 Å². The minimum absolute atomic E-state index is 0.0246. The number of hydrogen-bond acceptors (Lipinski definition) is 3. The lowest BCUT2D eigenvalue weighted by molar-refractivity contribution is -0.132. The van der Waals surface area contributed by atoms with E-state index >= 15 is 0 Å². The standard InChI is InChI=1S/C20H20FN3O3/c1-13-8-9-15(12-16(13)21)17(25)23-24-18(26)20(2,22-19(24)27)11-10-14-6-4-3-5-7-14/h3-9,12H,10-11H2,1-2H3,(H,22,27)(H,23,25)/t20-/m1/s1. The smallest absolute Gasteiger partial charge is 0.322 e. The SMILES string of the molecule is Cc1ccc(C(=O)NN2C(=O)N[C@](C)(CCc3ccccc3)C2=O)cc1F. The van der Waals surface area contributed by atoms with Crippen LogP contribution >= 0.6 is 0 Å². The number of urea groups is 1. The number of nitrogens with one attached hydrogen (secondary N) is 2. The van der Waals surface area contributed by atoms with Crippen molar-refractivity contribution in [2.45, 2.75) is 32.2 Å². The zero-order chi connectivity index (χ0) is 19.6. The van der Waals surface area contributed by atoms with Gasteiger partial charge in [0.05, 0.1) is 0 Å². The second-order valence-electron chi connectivity index (χ2n) is 6.79. The maximum absolute atomic E-state index is 13.7. The molecular weight excluding hydrogens is 349 g/mol. The second-order valence-corrected chi connectivity index (χ2v) is 6.79. The average molecular weight is 369 g/mol. The van der Waals surface area contributed by atoms with E-state index in [1.54, 1.807) is 13.8 Å². The van der Waals surface area contributed by atoms with Crippen molar-refractivity contribution in [2.24, 2.45) is 0 Å². The Morgan fingerprint density at radius 1 is 1.19 bits per heavy atom. The van der Waals surface area contributed by atoms with Gasteiger partial charge < -0.3 is 5.32 Å². The van der Waals surface area contributed by atoms with Gasteiger partial charge in [-0.2, -0.15) is 5.01 Å². The summed E-state index contributed by atoms with van der Waals surface area (Å²) in [5.41, 5.74) is 2.60. The van der Waals surface area contributed by atoms with Crippen molar-refractivity contribution in [1.82, 2.24) is 15.8 Å². The molecule has 1 aliphatic rings. The highest BCUT2D eigenvalue weighted by molar-refractivity contribution is 6.09. The van der Waals surface area contributed by atoms with Crippen LogP contribution in [0.3, 0.4) is 0 Å². The molecule has 4 amide bonds. The van der Waals surface area contributed by atoms with Crippen LogP contribution in [0.1, 0.15) is 34.8 Å². The van der Waals surface area contributed by atoms with E-state index in [0.29, 0.717) is 23.4 Å². The lowest BCUT2D eigenvalue weighted by Crippen LogP contribution is -2.49. The molecule has 0 aromatic heterocycles. The van der Waals surface area contributed by atoms with Gasteiger partial charge in [-0.15, -0.1) is 0 Å². The molecule has 0 radical (unpaired) electrons. The number of imide groups is 1. The summed E-state index contributed by atoms with van der Waals surface area (Å²) >= 11 is 0. The Morgan fingerprint density at radius 2 is 1.89 bits per heavy atom. The Kier molecular flexibility index (Phi) is 4.94. The Morgan fingerprint density at radius 3 is 2.56 bits per heavy atom. The third-order valence-electron chi connectivity index (χ3n) is 4.66. The minimum atomic E-state index is -1.13. The third-order valence-corrected chi connectivity index (χ3v) is 4.66. The van der Waals surface area contributed by atoms with E-state index in [9.17, 15) is 18.8 Å². The minimum Gasteiger partial charge on any atom is -0.322 e. The van der Waals surface area contributed by atoms with Crippen molar-refractivity contribution in [3.63, 3.8) is 0 Å². The molecule has 3 rings (SSSR count). The van der Waals surface area contributed by atoms with E-state index in [2.05, 4.69) is 10.7 Å². The van der Waals surface area contributed by atoms with Gasteiger partial charge in [-0.25, -0.2) is 9.18 Å². The molecule has 1 saturated heterocycles. The van der Waals surface area contributed by atoms with Gasteiger partial charge in [0, 0.05) is 5.56 Å². The van der Waals surface area contributed by atoms with E-state index in [-0.39, 0.29) is 5.56 Å². The summed E-state index contributed by atoms with van der Waals surface area (Å²) in [7, 11) is 0. The van der Waals surface area contributed by atoms with E-state index < -0.39 is 29.2 Å². The van der Waals surface area contributed by atoms with Gasteiger partial charge in [-0.3, -0.25) is 15.0 Å². The first-order valence-electron chi connectivity index (χ1n) is 8.58. The fourth-order valence-electron chi connectivity index (χ4n) is 2.89. The van der Waals surface area contributed by atoms with E-state index in [0.717, 1.165) is 11.6 Å². The molecule has 140 valence electrons. The van der Waals surface area contributed by atoms with Crippen molar-refractivity contribution < 1.29 is 18.8 Å². The van der Waals surface area contributed by atoms with Crippen molar-refractivity contribution >= 4 is 17.8 Å². The molecule has 27 heavy (non-hydrogen) atoms. The zero-order valence-electron chi connectivity index (χ0n) is 15.1. The van der Waals surface area contributed by atoms with Gasteiger partial charge in [-0.1, -0.05) is 36.4 Å². The van der Waals surface area contributed by atoms with Gasteiger partial charge in [0.2, 0.25) is 0 Å². The van der Waals surface area contributed by atoms with E-state index in [4.69, 9.17) is 0 Å². The zero-order valence-corrected chi connectivity index (χ0v) is 15.1. The summed E-state index contributed by atoms with van der Waals surface area (Å²) in [6.07, 6.45) is 0.974. The fraction of sp³-hybridized carbons (Fsp3) is 0.250. The molecule has 1 fully saturated rings. The number of halogens is 1. The predicted molar refractivity (Wildman–Crippen MR) is 97.1 cm³/mol. The first-order chi connectivity index (χ1) is 12.8. The lowest BCUT2D eigenvalue weighted by atomic mass is 9.93. The topological polar surface area (TPSA) is 78.5 Å². The Bertz CT molecular complexity index is 901. The first kappa shape index (κ1) is 18.6. The quantitative estimate of drug-likeness (QED) is 0.796. The van der Waals surface area contributed by atoms with E-state index in [1.165, 1.54) is 12.1 Å². The summed E-state index contributed by atoms with van der Waals surface area (Å²) in [5, 5.41) is 3.28. The Hall–Kier alpha value is -3.22. The molecule has 0 unspecified atom stereocenters. The number of carbonyl (C=O) groups is 3. The van der Waals surface area contributed by atoms with Crippen molar-refractivity contribution in [1.29, 1.82) is 0 Å². The molecule has 0 saturated carbocycles. The normalized spacial score (nSPS) is 19.1. The molecule has 7 heteroatoms. The number of hydrogen-bond donors (Lipinski definition) is 2. The van der Waals surface area contributed by atoms with Crippen LogP contribution in [0.4, 0.5) is 9.18 Å². The first-order valence-corrected chi connectivity index (χ1v) is 8.58. The molecule has 6 nitrogen and oxygen atoms in total. The van der Waals surface area contributed by atoms with Crippen molar-refractivity contribution in [3.8, 4) is 0 Å². The number of nitrogens with zero attached hydrogens (tertiary/aromatic N) is 1. The molecule has 1 heterocycles. The predicted octanol–water partition coefficient (Wildman–Crippen LogP) is 2.72. The van der Waals surface area contributed by atoms with Crippen LogP contribution in [-0.2, 0) is 11.2 Å². The molecule has 2 aromatic rings. The van der Waals surface area contributed by atoms with E-state index in [1.807, 2.05) is 30.3 Å². The maximum atomic E-state index is 13.7. The monoisotopic (exact) mass is 369 g/mol. The van der Waals surface area contributed by atoms with Crippen LogP contribution in [0, 0.1) is 12.7 Å². The molecule has 0 spiro atoms. The van der Waals surface area contributed by atoms with Crippen molar-refractivity contribution in [2.75, 3.05) is 0 Å². The van der Waals surface area contributed by atoms with Crippen LogP contribution in [0.2, 0.25) is 0 Å². The second kappa shape index (κ2) is 7.19. The van der Waals surface area contributed by atoms with Crippen LogP contribution in [0.15, 0.2) is 48.5 Å². The number of rotatable bonds is 5. The molecule has 0 bridgehead atoms. The van der Waals surface area contributed by atoms with Crippen LogP contribution in [0.5, 0.6) is 0 Å². The summed E-state index contributed by atoms with van der Waals surface area (Å²) < 4.78 is 13.7. The number of hydrazine groups is 1. The summed E-state index contributed by atoms with van der Waals surface area (Å²) in [6.45, 7) is 3.19. The molecular formula is C20H20FN3O3. The van der Waals surface area contributed by atoms with Crippen molar-refractivity contribution in [3.05, 3.63) is 71.0 Å². The lowest BCUT2D eigenvalue weighted by Gasteiger charge is -2.21. The highest BCUT2D eigenvalue weighted by atomic mass is 19.1. The Balaban J connectivity index is 1.69. The van der Waals surface area contributed by atoms with Gasteiger partial charge in [0.25, 0.3) is 11.8 Å². The molecule has 2 aromatic carbocycles. The van der Waals surface area contributed by atoms with Gasteiger partial charge >= 0.3 is 6.03 Å². The van der Waals surface area contributed by atoms with Gasteiger partial charge in [0.1, 0.15) is 11.4 Å². The summed E-state index contributed by atoms with van der Waals surface area (Å²) in [6, 6.07) is 12.8. The summed E-state index contributed by atoms with van der Waals surface area (Å²) in [4.78, 5) is 37.2. The average Bonchev–Trinajstić information content (AvgIpc) is 2.86. The molecule has 1 atom stereocenters. The highest BCUT2D eigenvalue weighted by Crippen LogP contribution is 2.22. The van der Waals surface area contributed by atoms with Crippen LogP contribution in [0.25, 0.3) is 0 Å². The largest absolute Gasteiger partial charge is 0.344 e. The maximum Gasteiger partial charge on any atom is 0.344 e. The number of carbonyl (C=O) groups excluding carboxylic acids is 3. The van der Waals surface area contributed by atoms with Gasteiger partial charge in [0.15, 0.2) is 0 Å². The van der Waals surface area contributed by atoms with Crippen LogP contribution < -0.4 is 10.7 Å². The molecule has 2 N–H and O–H groups in total. The van der Waals surface area contributed by atoms with Crippen LogP contribution in [-0.4, -0.2) is 28.4 Å². The summed E-state index contributed by atoms with van der Waals surface area (Å²) in [5.74, 6) is -1.82. The molecule has 1 aliphatic heterocycles. The number of aryl methyl sites for hydroxylation is 2.